The molecule has 0 saturated carbocycles. The molecule has 6 nitrogen and oxygen atoms in total. The van der Waals surface area contributed by atoms with Crippen molar-refractivity contribution in [3.63, 3.8) is 0 Å². The predicted octanol–water partition coefficient (Wildman–Crippen LogP) is 4.81. The second-order valence-corrected chi connectivity index (χ2v) is 7.67. The molecule has 0 spiro atoms. The van der Waals surface area contributed by atoms with Crippen molar-refractivity contribution in [2.24, 2.45) is 0 Å². The zero-order valence-electron chi connectivity index (χ0n) is 17.4. The molecule has 0 aliphatic carbocycles. The molecule has 0 unspecified atom stereocenters. The van der Waals surface area contributed by atoms with E-state index in [2.05, 4.69) is 45.0 Å². The lowest BCUT2D eigenvalue weighted by atomic mass is 10.1. The van der Waals surface area contributed by atoms with Crippen LogP contribution in [0.4, 0.5) is 5.69 Å². The number of benzene rings is 1. The van der Waals surface area contributed by atoms with E-state index in [1.165, 1.54) is 0 Å². The minimum absolute atomic E-state index is 0.205. The standard InChI is InChI=1S/C21H31N3O3/c1-8-26-15-10-11-19(27-9-2)16(12-15)22-20(25)17-13-18(14(3)4)24(23-17)21(5,6)7/h10-14H,8-9H2,1-7H3,(H,22,25). The van der Waals surface area contributed by atoms with Crippen molar-refractivity contribution in [2.75, 3.05) is 18.5 Å². The molecule has 0 atom stereocenters. The lowest BCUT2D eigenvalue weighted by Gasteiger charge is -2.23. The maximum Gasteiger partial charge on any atom is 0.276 e. The Morgan fingerprint density at radius 1 is 1.15 bits per heavy atom. The van der Waals surface area contributed by atoms with Gasteiger partial charge in [-0.05, 0) is 58.7 Å². The molecule has 2 rings (SSSR count). The monoisotopic (exact) mass is 373 g/mol. The van der Waals surface area contributed by atoms with E-state index in [0.717, 1.165) is 5.69 Å². The van der Waals surface area contributed by atoms with E-state index in [4.69, 9.17) is 9.47 Å². The number of carbonyl (C=O) groups excluding carboxylic acids is 1. The molecule has 6 heteroatoms. The van der Waals surface area contributed by atoms with Gasteiger partial charge in [-0.3, -0.25) is 9.48 Å². The Morgan fingerprint density at radius 2 is 1.81 bits per heavy atom. The van der Waals surface area contributed by atoms with Crippen molar-refractivity contribution in [1.82, 2.24) is 9.78 Å². The number of aromatic nitrogens is 2. The molecule has 0 radical (unpaired) electrons. The summed E-state index contributed by atoms with van der Waals surface area (Å²) in [6.07, 6.45) is 0. The molecule has 0 saturated heterocycles. The summed E-state index contributed by atoms with van der Waals surface area (Å²) in [5, 5.41) is 7.49. The Labute approximate surface area is 161 Å². The van der Waals surface area contributed by atoms with Crippen molar-refractivity contribution in [2.45, 2.75) is 59.9 Å². The largest absolute Gasteiger partial charge is 0.494 e. The van der Waals surface area contributed by atoms with Gasteiger partial charge in [-0.1, -0.05) is 13.8 Å². The van der Waals surface area contributed by atoms with E-state index in [9.17, 15) is 4.79 Å². The van der Waals surface area contributed by atoms with Gasteiger partial charge < -0.3 is 14.8 Å². The van der Waals surface area contributed by atoms with Crippen LogP contribution in [0.5, 0.6) is 11.5 Å². The fourth-order valence-corrected chi connectivity index (χ4v) is 2.79. The zero-order chi connectivity index (χ0) is 20.2. The SMILES string of the molecule is CCOc1ccc(OCC)c(NC(=O)c2cc(C(C)C)n(C(C)(C)C)n2)c1. The van der Waals surface area contributed by atoms with E-state index < -0.39 is 0 Å². The zero-order valence-corrected chi connectivity index (χ0v) is 17.4. The molecular weight excluding hydrogens is 342 g/mol. The van der Waals surface area contributed by atoms with Crippen LogP contribution in [0.1, 0.15) is 70.6 Å². The average Bonchev–Trinajstić information content (AvgIpc) is 3.04. The van der Waals surface area contributed by atoms with Crippen LogP contribution in [0.15, 0.2) is 24.3 Å². The molecule has 0 aliphatic rings. The van der Waals surface area contributed by atoms with Crippen molar-refractivity contribution in [3.8, 4) is 11.5 Å². The van der Waals surface area contributed by atoms with Gasteiger partial charge in [0.05, 0.1) is 24.4 Å². The Hall–Kier alpha value is -2.50. The van der Waals surface area contributed by atoms with Crippen molar-refractivity contribution < 1.29 is 14.3 Å². The molecule has 0 bridgehead atoms. The van der Waals surface area contributed by atoms with Crippen LogP contribution in [-0.4, -0.2) is 28.9 Å². The van der Waals surface area contributed by atoms with Crippen molar-refractivity contribution in [3.05, 3.63) is 35.7 Å². The molecule has 0 aliphatic heterocycles. The second-order valence-electron chi connectivity index (χ2n) is 7.67. The van der Waals surface area contributed by atoms with Gasteiger partial charge in [0.25, 0.3) is 5.91 Å². The summed E-state index contributed by atoms with van der Waals surface area (Å²) in [7, 11) is 0. The fourth-order valence-electron chi connectivity index (χ4n) is 2.79. The maximum absolute atomic E-state index is 12.9. The number of amides is 1. The van der Waals surface area contributed by atoms with Gasteiger partial charge in [0.1, 0.15) is 11.5 Å². The summed E-state index contributed by atoms with van der Waals surface area (Å²) in [4.78, 5) is 12.9. The average molecular weight is 373 g/mol. The normalized spacial score (nSPS) is 11.6. The van der Waals surface area contributed by atoms with Crippen LogP contribution < -0.4 is 14.8 Å². The van der Waals surface area contributed by atoms with Crippen molar-refractivity contribution >= 4 is 11.6 Å². The first-order valence-electron chi connectivity index (χ1n) is 9.48. The Kier molecular flexibility index (Phi) is 6.52. The molecule has 148 valence electrons. The van der Waals surface area contributed by atoms with E-state index >= 15 is 0 Å². The number of carbonyl (C=O) groups is 1. The molecule has 2 aromatic rings. The molecule has 1 aromatic heterocycles. The van der Waals surface area contributed by atoms with Gasteiger partial charge in [-0.25, -0.2) is 0 Å². The van der Waals surface area contributed by atoms with Gasteiger partial charge >= 0.3 is 0 Å². The highest BCUT2D eigenvalue weighted by Gasteiger charge is 2.24. The highest BCUT2D eigenvalue weighted by Crippen LogP contribution is 2.30. The highest BCUT2D eigenvalue weighted by molar-refractivity contribution is 6.03. The fraction of sp³-hybridized carbons (Fsp3) is 0.524. The summed E-state index contributed by atoms with van der Waals surface area (Å²) in [5.74, 6) is 1.28. The van der Waals surface area contributed by atoms with E-state index in [-0.39, 0.29) is 17.4 Å². The third-order valence-electron chi connectivity index (χ3n) is 4.01. The number of anilines is 1. The first-order valence-corrected chi connectivity index (χ1v) is 9.48. The van der Waals surface area contributed by atoms with Gasteiger partial charge in [0.2, 0.25) is 0 Å². The van der Waals surface area contributed by atoms with Crippen LogP contribution >= 0.6 is 0 Å². The Bertz CT molecular complexity index is 788. The Balaban J connectivity index is 2.35. The molecule has 27 heavy (non-hydrogen) atoms. The topological polar surface area (TPSA) is 65.4 Å². The van der Waals surface area contributed by atoms with Crippen LogP contribution in [-0.2, 0) is 5.54 Å². The second kappa shape index (κ2) is 8.46. The minimum atomic E-state index is -0.269. The van der Waals surface area contributed by atoms with Gasteiger partial charge in [0.15, 0.2) is 5.69 Å². The first-order chi connectivity index (χ1) is 12.7. The van der Waals surface area contributed by atoms with Gasteiger partial charge in [0, 0.05) is 11.8 Å². The van der Waals surface area contributed by atoms with Crippen LogP contribution in [0.3, 0.4) is 0 Å². The smallest absolute Gasteiger partial charge is 0.276 e. The summed E-state index contributed by atoms with van der Waals surface area (Å²) in [5.41, 5.74) is 1.78. The number of hydrogen-bond donors (Lipinski definition) is 1. The van der Waals surface area contributed by atoms with E-state index in [1.54, 1.807) is 12.1 Å². The summed E-state index contributed by atoms with van der Waals surface area (Å²) >= 11 is 0. The maximum atomic E-state index is 12.9. The van der Waals surface area contributed by atoms with E-state index in [1.807, 2.05) is 30.7 Å². The lowest BCUT2D eigenvalue weighted by molar-refractivity contribution is 0.102. The first kappa shape index (κ1) is 20.8. The molecule has 1 aromatic carbocycles. The van der Waals surface area contributed by atoms with Crippen molar-refractivity contribution in [1.29, 1.82) is 0 Å². The third kappa shape index (κ3) is 5.02. The quantitative estimate of drug-likeness (QED) is 0.756. The summed E-state index contributed by atoms with van der Waals surface area (Å²) < 4.78 is 13.1. The Morgan fingerprint density at radius 3 is 2.33 bits per heavy atom. The molecule has 1 heterocycles. The summed E-state index contributed by atoms with van der Waals surface area (Å²) in [6, 6.07) is 7.27. The highest BCUT2D eigenvalue weighted by atomic mass is 16.5. The molecule has 0 fully saturated rings. The molecule has 1 N–H and O–H groups in total. The molecule has 1 amide bonds. The minimum Gasteiger partial charge on any atom is -0.494 e. The predicted molar refractivity (Wildman–Crippen MR) is 108 cm³/mol. The third-order valence-corrected chi connectivity index (χ3v) is 4.01. The number of rotatable bonds is 7. The van der Waals surface area contributed by atoms with Gasteiger partial charge in [-0.15, -0.1) is 0 Å². The van der Waals surface area contributed by atoms with Crippen LogP contribution in [0.25, 0.3) is 0 Å². The van der Waals surface area contributed by atoms with Crippen LogP contribution in [0.2, 0.25) is 0 Å². The van der Waals surface area contributed by atoms with Crippen LogP contribution in [0, 0.1) is 0 Å². The van der Waals surface area contributed by atoms with Gasteiger partial charge in [-0.2, -0.15) is 5.10 Å². The molecular formula is C21H31N3O3. The van der Waals surface area contributed by atoms with E-state index in [0.29, 0.717) is 36.1 Å². The lowest BCUT2D eigenvalue weighted by Crippen LogP contribution is -2.26. The number of nitrogens with zero attached hydrogens (tertiary/aromatic N) is 2. The number of hydrogen-bond acceptors (Lipinski definition) is 4. The summed E-state index contributed by atoms with van der Waals surface area (Å²) in [6.45, 7) is 15.3. The number of nitrogens with one attached hydrogen (secondary N) is 1. The number of ether oxygens (including phenoxy) is 2.